The Morgan fingerprint density at radius 3 is 2.65 bits per heavy atom. The number of anilines is 1. The summed E-state index contributed by atoms with van der Waals surface area (Å²) < 4.78 is 5.26. The Labute approximate surface area is 160 Å². The van der Waals surface area contributed by atoms with Crippen molar-refractivity contribution < 1.29 is 14.3 Å². The number of ether oxygens (including phenoxy) is 1. The minimum Gasteiger partial charge on any atom is -0.493 e. The van der Waals surface area contributed by atoms with Crippen molar-refractivity contribution in [2.24, 2.45) is 5.92 Å². The third-order valence-electron chi connectivity index (χ3n) is 4.77. The Kier molecular flexibility index (Phi) is 7.57. The van der Waals surface area contributed by atoms with E-state index in [0.717, 1.165) is 19.4 Å². The lowest BCUT2D eigenvalue weighted by Gasteiger charge is -2.33. The Hall–Kier alpha value is -1.95. The Morgan fingerprint density at radius 1 is 1.35 bits per heavy atom. The molecule has 1 aliphatic rings. The van der Waals surface area contributed by atoms with Crippen LogP contribution in [0.4, 0.5) is 10.5 Å². The van der Waals surface area contributed by atoms with Crippen LogP contribution < -0.4 is 10.1 Å². The van der Waals surface area contributed by atoms with Gasteiger partial charge in [-0.2, -0.15) is 0 Å². The highest BCUT2D eigenvalue weighted by Gasteiger charge is 2.29. The molecular weight excluding hydrogens is 354 g/mol. The molecule has 144 valence electrons. The third kappa shape index (κ3) is 5.04. The van der Waals surface area contributed by atoms with Crippen molar-refractivity contribution in [2.45, 2.75) is 32.6 Å². The third-order valence-corrected chi connectivity index (χ3v) is 5.07. The Morgan fingerprint density at radius 2 is 2.04 bits per heavy atom. The number of para-hydroxylation sites is 1. The maximum absolute atomic E-state index is 12.5. The van der Waals surface area contributed by atoms with Gasteiger partial charge >= 0.3 is 6.03 Å². The highest BCUT2D eigenvalue weighted by molar-refractivity contribution is 6.32. The number of piperidine rings is 1. The fourth-order valence-electron chi connectivity index (χ4n) is 3.16. The molecule has 2 rings (SSSR count). The van der Waals surface area contributed by atoms with Gasteiger partial charge in [-0.05, 0) is 31.4 Å². The van der Waals surface area contributed by atoms with E-state index in [1.54, 1.807) is 23.1 Å². The Bertz CT molecular complexity index is 630. The molecule has 1 fully saturated rings. The van der Waals surface area contributed by atoms with E-state index in [1.165, 1.54) is 7.11 Å². The van der Waals surface area contributed by atoms with E-state index in [4.69, 9.17) is 16.3 Å². The van der Waals surface area contributed by atoms with Crippen LogP contribution in [0.1, 0.15) is 32.6 Å². The Balaban J connectivity index is 1.89. The van der Waals surface area contributed by atoms with Crippen molar-refractivity contribution >= 4 is 29.2 Å². The first kappa shape index (κ1) is 20.4. The summed E-state index contributed by atoms with van der Waals surface area (Å²) >= 11 is 6.09. The minimum atomic E-state index is -0.198. The van der Waals surface area contributed by atoms with E-state index >= 15 is 0 Å². The van der Waals surface area contributed by atoms with Crippen LogP contribution in [0.5, 0.6) is 5.75 Å². The molecular formula is C19H28ClN3O3. The number of halogens is 1. The van der Waals surface area contributed by atoms with Crippen molar-refractivity contribution in [3.8, 4) is 5.75 Å². The molecule has 0 spiro atoms. The number of carbonyl (C=O) groups excluding carboxylic acids is 2. The number of carbonyl (C=O) groups is 2. The molecule has 7 heteroatoms. The van der Waals surface area contributed by atoms with Gasteiger partial charge in [0.2, 0.25) is 5.91 Å². The summed E-state index contributed by atoms with van der Waals surface area (Å²) in [4.78, 5) is 28.5. The molecule has 1 aromatic carbocycles. The molecule has 26 heavy (non-hydrogen) atoms. The van der Waals surface area contributed by atoms with Gasteiger partial charge in [0.1, 0.15) is 0 Å². The number of rotatable bonds is 6. The molecule has 0 radical (unpaired) electrons. The first-order chi connectivity index (χ1) is 12.5. The van der Waals surface area contributed by atoms with Crippen molar-refractivity contribution in [1.82, 2.24) is 9.80 Å². The number of urea groups is 1. The maximum atomic E-state index is 12.5. The van der Waals surface area contributed by atoms with Gasteiger partial charge in [0.15, 0.2) is 5.75 Å². The zero-order valence-electron chi connectivity index (χ0n) is 15.8. The number of hydrogen-bond donors (Lipinski definition) is 1. The predicted octanol–water partition coefficient (Wildman–Crippen LogP) is 3.85. The lowest BCUT2D eigenvalue weighted by atomic mass is 9.95. The molecule has 1 N–H and O–H groups in total. The smallest absolute Gasteiger partial charge is 0.321 e. The maximum Gasteiger partial charge on any atom is 0.321 e. The van der Waals surface area contributed by atoms with Crippen molar-refractivity contribution in [2.75, 3.05) is 39.1 Å². The topological polar surface area (TPSA) is 61.9 Å². The van der Waals surface area contributed by atoms with Crippen molar-refractivity contribution in [3.05, 3.63) is 23.2 Å². The average Bonchev–Trinajstić information content (AvgIpc) is 2.65. The van der Waals surface area contributed by atoms with Gasteiger partial charge in [-0.25, -0.2) is 4.79 Å². The van der Waals surface area contributed by atoms with E-state index in [2.05, 4.69) is 12.2 Å². The molecule has 1 aromatic rings. The van der Waals surface area contributed by atoms with Gasteiger partial charge in [0, 0.05) is 32.6 Å². The van der Waals surface area contributed by atoms with Crippen LogP contribution in [0.3, 0.4) is 0 Å². The van der Waals surface area contributed by atoms with Crippen LogP contribution in [-0.2, 0) is 4.79 Å². The van der Waals surface area contributed by atoms with Crippen LogP contribution >= 0.6 is 11.6 Å². The van der Waals surface area contributed by atoms with Gasteiger partial charge < -0.3 is 19.9 Å². The number of nitrogens with one attached hydrogen (secondary N) is 1. The van der Waals surface area contributed by atoms with Gasteiger partial charge in [-0.1, -0.05) is 31.0 Å². The number of amides is 3. The summed E-state index contributed by atoms with van der Waals surface area (Å²) in [6.07, 6.45) is 3.47. The van der Waals surface area contributed by atoms with Crippen molar-refractivity contribution in [1.29, 1.82) is 0 Å². The van der Waals surface area contributed by atoms with E-state index in [-0.39, 0.29) is 17.9 Å². The van der Waals surface area contributed by atoms with Gasteiger partial charge in [-0.15, -0.1) is 0 Å². The van der Waals surface area contributed by atoms with E-state index < -0.39 is 0 Å². The molecule has 0 saturated carbocycles. The molecule has 0 bridgehead atoms. The predicted molar refractivity (Wildman–Crippen MR) is 104 cm³/mol. The van der Waals surface area contributed by atoms with Gasteiger partial charge in [0.05, 0.1) is 17.8 Å². The molecule has 0 aromatic heterocycles. The largest absolute Gasteiger partial charge is 0.493 e. The molecule has 0 atom stereocenters. The molecule has 3 amide bonds. The summed E-state index contributed by atoms with van der Waals surface area (Å²) in [6, 6.07) is 5.03. The second-order valence-electron chi connectivity index (χ2n) is 6.63. The lowest BCUT2D eigenvalue weighted by molar-refractivity contribution is -0.135. The quantitative estimate of drug-likeness (QED) is 0.814. The number of benzene rings is 1. The lowest BCUT2D eigenvalue weighted by Crippen LogP contribution is -2.45. The molecule has 1 heterocycles. The second-order valence-corrected chi connectivity index (χ2v) is 7.03. The second kappa shape index (κ2) is 9.67. The van der Waals surface area contributed by atoms with Crippen LogP contribution in [-0.4, -0.2) is 55.5 Å². The minimum absolute atomic E-state index is 0.00149. The number of hydrogen-bond acceptors (Lipinski definition) is 3. The van der Waals surface area contributed by atoms with Gasteiger partial charge in [0.25, 0.3) is 0 Å². The summed E-state index contributed by atoms with van der Waals surface area (Å²) in [5.74, 6) is 0.641. The van der Waals surface area contributed by atoms with Crippen LogP contribution in [0, 0.1) is 5.92 Å². The SMILES string of the molecule is CCCCN(C)C(=O)C1CCN(C(=O)Nc2cccc(Cl)c2OC)CC1. The van der Waals surface area contributed by atoms with E-state index in [1.807, 2.05) is 11.9 Å². The van der Waals surface area contributed by atoms with Crippen LogP contribution in [0.2, 0.25) is 5.02 Å². The van der Waals surface area contributed by atoms with Crippen molar-refractivity contribution in [3.63, 3.8) is 0 Å². The number of nitrogens with zero attached hydrogens (tertiary/aromatic N) is 2. The fourth-order valence-corrected chi connectivity index (χ4v) is 3.41. The number of unbranched alkanes of at least 4 members (excludes halogenated alkanes) is 1. The average molecular weight is 382 g/mol. The first-order valence-corrected chi connectivity index (χ1v) is 9.49. The standard InChI is InChI=1S/C19H28ClN3O3/c1-4-5-11-22(2)18(24)14-9-12-23(13-10-14)19(25)21-16-8-6-7-15(20)17(16)26-3/h6-8,14H,4-5,9-13H2,1-3H3,(H,21,25). The summed E-state index contributed by atoms with van der Waals surface area (Å²) in [6.45, 7) is 4.04. The monoisotopic (exact) mass is 381 g/mol. The fraction of sp³-hybridized carbons (Fsp3) is 0.579. The normalized spacial score (nSPS) is 14.8. The zero-order valence-corrected chi connectivity index (χ0v) is 16.5. The van der Waals surface area contributed by atoms with Crippen LogP contribution in [0.15, 0.2) is 18.2 Å². The van der Waals surface area contributed by atoms with E-state index in [9.17, 15) is 9.59 Å². The highest BCUT2D eigenvalue weighted by Crippen LogP contribution is 2.32. The van der Waals surface area contributed by atoms with E-state index in [0.29, 0.717) is 42.4 Å². The number of methoxy groups -OCH3 is 1. The summed E-state index contributed by atoms with van der Waals surface area (Å²) in [7, 11) is 3.38. The first-order valence-electron chi connectivity index (χ1n) is 9.11. The molecule has 1 saturated heterocycles. The molecule has 0 aliphatic carbocycles. The summed E-state index contributed by atoms with van der Waals surface area (Å²) in [5.41, 5.74) is 0.544. The molecule has 6 nitrogen and oxygen atoms in total. The summed E-state index contributed by atoms with van der Waals surface area (Å²) in [5, 5.41) is 3.30. The van der Waals surface area contributed by atoms with Gasteiger partial charge in [-0.3, -0.25) is 4.79 Å². The highest BCUT2D eigenvalue weighted by atomic mass is 35.5. The van der Waals surface area contributed by atoms with Crippen LogP contribution in [0.25, 0.3) is 0 Å². The number of likely N-dealkylation sites (tertiary alicyclic amines) is 1. The molecule has 1 aliphatic heterocycles. The zero-order chi connectivity index (χ0) is 19.1. The molecule has 0 unspecified atom stereocenters.